The van der Waals surface area contributed by atoms with Gasteiger partial charge in [-0.1, -0.05) is 23.7 Å². The van der Waals surface area contributed by atoms with E-state index in [0.29, 0.717) is 29.5 Å². The van der Waals surface area contributed by atoms with E-state index in [9.17, 15) is 9.59 Å². The van der Waals surface area contributed by atoms with Crippen molar-refractivity contribution in [2.45, 2.75) is 6.23 Å². The molecule has 7 nitrogen and oxygen atoms in total. The van der Waals surface area contributed by atoms with Crippen molar-refractivity contribution in [1.29, 1.82) is 0 Å². The molecule has 3 amide bonds. The monoisotopic (exact) mass is 375 g/mol. The van der Waals surface area contributed by atoms with Crippen LogP contribution in [0.5, 0.6) is 0 Å². The standard InChI is InChI=1S/C18H18ClN3O4/c1-25-18(24)21-15-6-2-12(3-7-15)16-22(10-11-26-16)17(23)20-14-8-4-13(19)5-9-14/h2-9,16H,10-11H2,1H3,(H,20,23)(H,21,24). The van der Waals surface area contributed by atoms with Crippen molar-refractivity contribution in [3.05, 3.63) is 59.1 Å². The first-order valence-electron chi connectivity index (χ1n) is 7.96. The second-order valence-electron chi connectivity index (χ2n) is 5.59. The number of amides is 3. The van der Waals surface area contributed by atoms with Gasteiger partial charge in [0.2, 0.25) is 0 Å². The molecule has 2 aromatic carbocycles. The van der Waals surface area contributed by atoms with Gasteiger partial charge in [-0.2, -0.15) is 0 Å². The minimum atomic E-state index is -0.543. The van der Waals surface area contributed by atoms with Gasteiger partial charge in [0.25, 0.3) is 0 Å². The Morgan fingerprint density at radius 2 is 1.69 bits per heavy atom. The van der Waals surface area contributed by atoms with Crippen LogP contribution in [0.2, 0.25) is 5.02 Å². The number of carbonyl (C=O) groups excluding carboxylic acids is 2. The van der Waals surface area contributed by atoms with Crippen LogP contribution in [-0.4, -0.2) is 37.3 Å². The van der Waals surface area contributed by atoms with Gasteiger partial charge in [-0.05, 0) is 36.4 Å². The minimum absolute atomic E-state index is 0.258. The highest BCUT2D eigenvalue weighted by atomic mass is 35.5. The zero-order valence-corrected chi connectivity index (χ0v) is 14.8. The first kappa shape index (κ1) is 18.0. The zero-order valence-electron chi connectivity index (χ0n) is 14.1. The van der Waals surface area contributed by atoms with E-state index in [0.717, 1.165) is 5.56 Å². The highest BCUT2D eigenvalue weighted by molar-refractivity contribution is 6.30. The molecule has 0 radical (unpaired) electrons. The summed E-state index contributed by atoms with van der Waals surface area (Å²) in [6, 6.07) is 13.7. The smallest absolute Gasteiger partial charge is 0.411 e. The molecule has 8 heteroatoms. The number of nitrogens with zero attached hydrogens (tertiary/aromatic N) is 1. The fourth-order valence-electron chi connectivity index (χ4n) is 2.58. The van der Waals surface area contributed by atoms with Crippen LogP contribution >= 0.6 is 11.6 Å². The number of benzene rings is 2. The molecule has 1 aliphatic rings. The summed E-state index contributed by atoms with van der Waals surface area (Å²) in [5.74, 6) is 0. The maximum atomic E-state index is 12.6. The molecule has 0 saturated carbocycles. The molecular formula is C18H18ClN3O4. The van der Waals surface area contributed by atoms with Crippen LogP contribution in [0.4, 0.5) is 21.0 Å². The summed E-state index contributed by atoms with van der Waals surface area (Å²) in [4.78, 5) is 25.4. The van der Waals surface area contributed by atoms with E-state index in [4.69, 9.17) is 16.3 Å². The summed E-state index contributed by atoms with van der Waals surface area (Å²) in [6.45, 7) is 0.924. The van der Waals surface area contributed by atoms with Crippen LogP contribution in [-0.2, 0) is 9.47 Å². The normalized spacial score (nSPS) is 16.2. The molecule has 0 aliphatic carbocycles. The van der Waals surface area contributed by atoms with Gasteiger partial charge >= 0.3 is 12.1 Å². The molecule has 136 valence electrons. The first-order valence-corrected chi connectivity index (χ1v) is 8.34. The Balaban J connectivity index is 1.68. The Morgan fingerprint density at radius 1 is 1.08 bits per heavy atom. The van der Waals surface area contributed by atoms with Crippen LogP contribution in [0.25, 0.3) is 0 Å². The molecule has 0 aromatic heterocycles. The topological polar surface area (TPSA) is 79.9 Å². The molecule has 3 rings (SSSR count). The van der Waals surface area contributed by atoms with E-state index in [1.54, 1.807) is 53.4 Å². The first-order chi connectivity index (χ1) is 12.6. The van der Waals surface area contributed by atoms with E-state index in [-0.39, 0.29) is 6.03 Å². The third kappa shape index (κ3) is 4.25. The molecule has 1 fully saturated rings. The molecule has 1 atom stereocenters. The number of hydrogen-bond acceptors (Lipinski definition) is 4. The van der Waals surface area contributed by atoms with Crippen molar-refractivity contribution in [2.75, 3.05) is 30.9 Å². The summed E-state index contributed by atoms with van der Waals surface area (Å²) in [6.07, 6.45) is -1.03. The minimum Gasteiger partial charge on any atom is -0.453 e. The average molecular weight is 376 g/mol. The second kappa shape index (κ2) is 8.07. The number of ether oxygens (including phenoxy) is 2. The lowest BCUT2D eigenvalue weighted by atomic mass is 10.1. The number of nitrogens with one attached hydrogen (secondary N) is 2. The van der Waals surface area contributed by atoms with E-state index in [2.05, 4.69) is 15.4 Å². The predicted octanol–water partition coefficient (Wildman–Crippen LogP) is 4.08. The average Bonchev–Trinajstić information content (AvgIpc) is 3.14. The number of rotatable bonds is 3. The molecule has 0 spiro atoms. The molecule has 1 aliphatic heterocycles. The van der Waals surface area contributed by atoms with Crippen LogP contribution < -0.4 is 10.6 Å². The Bertz CT molecular complexity index is 780. The molecule has 1 unspecified atom stereocenters. The van der Waals surface area contributed by atoms with Gasteiger partial charge in [-0.25, -0.2) is 9.59 Å². The quantitative estimate of drug-likeness (QED) is 0.847. The maximum absolute atomic E-state index is 12.6. The molecule has 2 aromatic rings. The van der Waals surface area contributed by atoms with Gasteiger partial charge in [0.15, 0.2) is 6.23 Å². The number of methoxy groups -OCH3 is 1. The van der Waals surface area contributed by atoms with Gasteiger partial charge in [0.1, 0.15) is 0 Å². The van der Waals surface area contributed by atoms with Crippen molar-refractivity contribution in [3.63, 3.8) is 0 Å². The zero-order chi connectivity index (χ0) is 18.5. The summed E-state index contributed by atoms with van der Waals surface area (Å²) < 4.78 is 10.3. The van der Waals surface area contributed by atoms with Gasteiger partial charge in [-0.15, -0.1) is 0 Å². The summed E-state index contributed by atoms with van der Waals surface area (Å²) in [7, 11) is 1.30. The Morgan fingerprint density at radius 3 is 2.35 bits per heavy atom. The number of hydrogen-bond donors (Lipinski definition) is 2. The predicted molar refractivity (Wildman–Crippen MR) is 98.3 cm³/mol. The Hall–Kier alpha value is -2.77. The van der Waals surface area contributed by atoms with E-state index >= 15 is 0 Å². The van der Waals surface area contributed by atoms with E-state index in [1.165, 1.54) is 7.11 Å². The van der Waals surface area contributed by atoms with E-state index in [1.807, 2.05) is 0 Å². The van der Waals surface area contributed by atoms with Crippen molar-refractivity contribution >= 4 is 35.1 Å². The van der Waals surface area contributed by atoms with Gasteiger partial charge in [-0.3, -0.25) is 10.2 Å². The highest BCUT2D eigenvalue weighted by Crippen LogP contribution is 2.28. The van der Waals surface area contributed by atoms with Crippen LogP contribution in [0.1, 0.15) is 11.8 Å². The molecule has 1 saturated heterocycles. The lowest BCUT2D eigenvalue weighted by Crippen LogP contribution is -2.34. The van der Waals surface area contributed by atoms with Crippen LogP contribution in [0.15, 0.2) is 48.5 Å². The van der Waals surface area contributed by atoms with Crippen LogP contribution in [0, 0.1) is 0 Å². The molecule has 1 heterocycles. The number of carbonyl (C=O) groups is 2. The maximum Gasteiger partial charge on any atom is 0.411 e. The van der Waals surface area contributed by atoms with Gasteiger partial charge < -0.3 is 14.8 Å². The number of anilines is 2. The largest absolute Gasteiger partial charge is 0.453 e. The van der Waals surface area contributed by atoms with E-state index < -0.39 is 12.3 Å². The third-order valence-corrected chi connectivity index (χ3v) is 4.13. The molecular weight excluding hydrogens is 358 g/mol. The van der Waals surface area contributed by atoms with Crippen molar-refractivity contribution < 1.29 is 19.1 Å². The SMILES string of the molecule is COC(=O)Nc1ccc(C2OCCN2C(=O)Nc2ccc(Cl)cc2)cc1. The van der Waals surface area contributed by atoms with Crippen molar-refractivity contribution in [1.82, 2.24) is 4.90 Å². The second-order valence-corrected chi connectivity index (χ2v) is 6.03. The van der Waals surface area contributed by atoms with Gasteiger partial charge in [0, 0.05) is 28.5 Å². The highest BCUT2D eigenvalue weighted by Gasteiger charge is 2.31. The lowest BCUT2D eigenvalue weighted by Gasteiger charge is -2.24. The Kier molecular flexibility index (Phi) is 5.60. The molecule has 26 heavy (non-hydrogen) atoms. The van der Waals surface area contributed by atoms with Crippen molar-refractivity contribution in [3.8, 4) is 0 Å². The van der Waals surface area contributed by atoms with Crippen LogP contribution in [0.3, 0.4) is 0 Å². The molecule has 0 bridgehead atoms. The fraction of sp³-hybridized carbons (Fsp3) is 0.222. The summed E-state index contributed by atoms with van der Waals surface area (Å²) in [5, 5.41) is 6.01. The number of halogens is 1. The third-order valence-electron chi connectivity index (χ3n) is 3.87. The number of urea groups is 1. The summed E-state index contributed by atoms with van der Waals surface area (Å²) in [5.41, 5.74) is 2.06. The molecule has 2 N–H and O–H groups in total. The summed E-state index contributed by atoms with van der Waals surface area (Å²) >= 11 is 5.85. The van der Waals surface area contributed by atoms with Crippen molar-refractivity contribution in [2.24, 2.45) is 0 Å². The lowest BCUT2D eigenvalue weighted by molar-refractivity contribution is 0.0522. The van der Waals surface area contributed by atoms with Gasteiger partial charge in [0.05, 0.1) is 13.7 Å². The fourth-order valence-corrected chi connectivity index (χ4v) is 2.71. The Labute approximate surface area is 155 Å².